The van der Waals surface area contributed by atoms with Crippen LogP contribution in [0.5, 0.6) is 11.5 Å². The number of para-hydroxylation sites is 2. The Kier molecular flexibility index (Phi) is 7.76. The average molecular weight is 332 g/mol. The van der Waals surface area contributed by atoms with E-state index in [4.69, 9.17) is 21.2 Å². The van der Waals surface area contributed by atoms with Gasteiger partial charge >= 0.3 is 0 Å². The topological polar surface area (TPSA) is 129 Å². The van der Waals surface area contributed by atoms with Crippen molar-refractivity contribution in [2.45, 2.75) is 0 Å². The maximum Gasteiger partial charge on any atom is 0.268 e. The number of benzene rings is 2. The lowest BCUT2D eigenvalue weighted by Crippen LogP contribution is -2.30. The molecule has 0 spiro atoms. The monoisotopic (exact) mass is 332 g/mol. The second kappa shape index (κ2) is 9.82. The molecule has 0 heterocycles. The predicted molar refractivity (Wildman–Crippen MR) is 89.3 cm³/mol. The van der Waals surface area contributed by atoms with Crippen LogP contribution >= 0.6 is 0 Å². The molecule has 0 bridgehead atoms. The van der Waals surface area contributed by atoms with Crippen molar-refractivity contribution in [2.75, 3.05) is 14.2 Å². The molecule has 2 amide bonds. The Morgan fingerprint density at radius 3 is 1.38 bits per heavy atom. The van der Waals surface area contributed by atoms with E-state index in [0.717, 1.165) is 0 Å². The van der Waals surface area contributed by atoms with Gasteiger partial charge in [-0.15, -0.1) is 0 Å². The van der Waals surface area contributed by atoms with Crippen LogP contribution in [0.3, 0.4) is 0 Å². The number of ether oxygens (including phenoxy) is 2. The van der Waals surface area contributed by atoms with Crippen molar-refractivity contribution in [2.24, 2.45) is 11.7 Å². The third-order valence-electron chi connectivity index (χ3n) is 2.97. The van der Waals surface area contributed by atoms with Crippen LogP contribution in [0.1, 0.15) is 20.7 Å². The summed E-state index contributed by atoms with van der Waals surface area (Å²) in [7, 11) is 3.01. The number of hydrazine groups is 2. The fourth-order valence-corrected chi connectivity index (χ4v) is 1.82. The van der Waals surface area contributed by atoms with Crippen LogP contribution in [-0.2, 0) is 0 Å². The maximum absolute atomic E-state index is 11.1. The van der Waals surface area contributed by atoms with Gasteiger partial charge in [-0.3, -0.25) is 20.4 Å². The molecule has 8 nitrogen and oxygen atoms in total. The second-order valence-corrected chi connectivity index (χ2v) is 4.35. The molecule has 0 aliphatic rings. The molecule has 2 aromatic carbocycles. The third kappa shape index (κ3) is 4.97. The first-order valence-electron chi connectivity index (χ1n) is 6.87. The summed E-state index contributed by atoms with van der Waals surface area (Å²) in [4.78, 5) is 22.2. The number of hydrogen-bond acceptors (Lipinski definition) is 6. The number of carbonyl (C=O) groups is 2. The highest BCUT2D eigenvalue weighted by molar-refractivity contribution is 5.96. The van der Waals surface area contributed by atoms with Crippen molar-refractivity contribution in [1.29, 1.82) is 0 Å². The van der Waals surface area contributed by atoms with Crippen molar-refractivity contribution in [3.8, 4) is 11.5 Å². The number of hydrogen-bond donors (Lipinski definition) is 4. The zero-order valence-electron chi connectivity index (χ0n) is 13.4. The highest BCUT2D eigenvalue weighted by Crippen LogP contribution is 2.16. The Morgan fingerprint density at radius 1 is 0.750 bits per heavy atom. The van der Waals surface area contributed by atoms with E-state index < -0.39 is 0 Å². The molecule has 2 rings (SSSR count). The van der Waals surface area contributed by atoms with Gasteiger partial charge in [-0.05, 0) is 24.3 Å². The molecule has 0 saturated heterocycles. The number of carbonyl (C=O) groups excluding carboxylic acids is 2. The molecule has 6 N–H and O–H groups in total. The van der Waals surface area contributed by atoms with Crippen LogP contribution in [0.2, 0.25) is 0 Å². The van der Waals surface area contributed by atoms with Gasteiger partial charge in [-0.25, -0.2) is 11.7 Å². The fourth-order valence-electron chi connectivity index (χ4n) is 1.82. The van der Waals surface area contributed by atoms with E-state index in [1.807, 2.05) is 10.9 Å². The lowest BCUT2D eigenvalue weighted by atomic mass is 10.2. The first-order valence-corrected chi connectivity index (χ1v) is 6.87. The normalized spacial score (nSPS) is 9.17. The molecule has 0 saturated carbocycles. The lowest BCUT2D eigenvalue weighted by Gasteiger charge is -2.05. The minimum atomic E-state index is -0.354. The van der Waals surface area contributed by atoms with Gasteiger partial charge in [-0.2, -0.15) is 0 Å². The van der Waals surface area contributed by atoms with Gasteiger partial charge in [0, 0.05) is 0 Å². The molecule has 0 aliphatic carbocycles. The summed E-state index contributed by atoms with van der Waals surface area (Å²) in [6, 6.07) is 13.7. The van der Waals surface area contributed by atoms with Gasteiger partial charge in [-0.1, -0.05) is 24.3 Å². The van der Waals surface area contributed by atoms with E-state index in [2.05, 4.69) is 0 Å². The molecule has 8 heteroatoms. The summed E-state index contributed by atoms with van der Waals surface area (Å²) >= 11 is 0. The van der Waals surface area contributed by atoms with Crippen LogP contribution < -0.4 is 32.0 Å². The van der Waals surface area contributed by atoms with E-state index in [9.17, 15) is 9.59 Å². The zero-order chi connectivity index (χ0) is 17.9. The van der Waals surface area contributed by atoms with Crippen LogP contribution in [0.25, 0.3) is 0 Å². The third-order valence-corrected chi connectivity index (χ3v) is 2.97. The zero-order valence-corrected chi connectivity index (χ0v) is 13.4. The molecule has 0 unspecified atom stereocenters. The van der Waals surface area contributed by atoms with Crippen LogP contribution in [0.4, 0.5) is 0 Å². The Balaban J connectivity index is 0.000000240. The van der Waals surface area contributed by atoms with Gasteiger partial charge in [0.1, 0.15) is 11.5 Å². The van der Waals surface area contributed by atoms with Crippen molar-refractivity contribution in [3.63, 3.8) is 0 Å². The number of methoxy groups -OCH3 is 2. The van der Waals surface area contributed by atoms with Crippen LogP contribution in [-0.4, -0.2) is 26.0 Å². The van der Waals surface area contributed by atoms with Gasteiger partial charge in [0.25, 0.3) is 11.8 Å². The SMILES string of the molecule is COc1ccccc1C(=O)NN.COc1ccccc1C(=O)NN. The van der Waals surface area contributed by atoms with Gasteiger partial charge < -0.3 is 9.47 Å². The van der Waals surface area contributed by atoms with Crippen molar-refractivity contribution < 1.29 is 19.1 Å². The maximum atomic E-state index is 11.1. The molecule has 0 radical (unpaired) electrons. The van der Waals surface area contributed by atoms with E-state index in [0.29, 0.717) is 22.6 Å². The Labute approximate surface area is 139 Å². The standard InChI is InChI=1S/2C8H10N2O2/c2*1-12-7-5-3-2-4-6(7)8(11)10-9/h2*2-5H,9H2,1H3,(H,10,11). The highest BCUT2D eigenvalue weighted by Gasteiger charge is 2.09. The molecule has 0 fully saturated rings. The smallest absolute Gasteiger partial charge is 0.268 e. The molecule has 0 aromatic heterocycles. The number of nitrogens with two attached hydrogens (primary N) is 2. The molecule has 128 valence electrons. The molecule has 0 atom stereocenters. The van der Waals surface area contributed by atoms with Gasteiger partial charge in [0.05, 0.1) is 25.3 Å². The van der Waals surface area contributed by atoms with E-state index >= 15 is 0 Å². The summed E-state index contributed by atoms with van der Waals surface area (Å²) in [6.07, 6.45) is 0. The Hall–Kier alpha value is -3.10. The van der Waals surface area contributed by atoms with Gasteiger partial charge in [0.2, 0.25) is 0 Å². The van der Waals surface area contributed by atoms with Crippen LogP contribution in [0.15, 0.2) is 48.5 Å². The highest BCUT2D eigenvalue weighted by atomic mass is 16.5. The minimum absolute atomic E-state index is 0.354. The van der Waals surface area contributed by atoms with E-state index in [-0.39, 0.29) is 11.8 Å². The lowest BCUT2D eigenvalue weighted by molar-refractivity contribution is 0.0942. The molecular weight excluding hydrogens is 312 g/mol. The first-order chi connectivity index (χ1) is 11.6. The largest absolute Gasteiger partial charge is 0.496 e. The van der Waals surface area contributed by atoms with Crippen molar-refractivity contribution >= 4 is 11.8 Å². The number of nitrogen functional groups attached to an aromatic ring is 2. The quantitative estimate of drug-likeness (QED) is 0.369. The van der Waals surface area contributed by atoms with Crippen molar-refractivity contribution in [3.05, 3.63) is 59.7 Å². The summed E-state index contributed by atoms with van der Waals surface area (Å²) in [5.41, 5.74) is 4.94. The van der Waals surface area contributed by atoms with E-state index in [1.54, 1.807) is 48.5 Å². The van der Waals surface area contributed by atoms with E-state index in [1.165, 1.54) is 14.2 Å². The number of nitrogens with one attached hydrogen (secondary N) is 2. The summed E-state index contributed by atoms with van der Waals surface area (Å²) < 4.78 is 9.90. The molecular formula is C16H20N4O4. The van der Waals surface area contributed by atoms with Crippen molar-refractivity contribution in [1.82, 2.24) is 10.9 Å². The first kappa shape index (κ1) is 18.9. The molecule has 0 aliphatic heterocycles. The predicted octanol–water partition coefficient (Wildman–Crippen LogP) is 0.597. The Bertz CT molecular complexity index is 632. The average Bonchev–Trinajstić information content (AvgIpc) is 2.67. The van der Waals surface area contributed by atoms with Crippen LogP contribution in [0, 0.1) is 0 Å². The minimum Gasteiger partial charge on any atom is -0.496 e. The second-order valence-electron chi connectivity index (χ2n) is 4.35. The Morgan fingerprint density at radius 2 is 1.08 bits per heavy atom. The molecule has 24 heavy (non-hydrogen) atoms. The summed E-state index contributed by atoms with van der Waals surface area (Å²) in [5, 5.41) is 0. The number of rotatable bonds is 4. The molecule has 2 aromatic rings. The van der Waals surface area contributed by atoms with Gasteiger partial charge in [0.15, 0.2) is 0 Å². The fraction of sp³-hybridized carbons (Fsp3) is 0.125. The summed E-state index contributed by atoms with van der Waals surface area (Å²) in [6.45, 7) is 0. The summed E-state index contributed by atoms with van der Waals surface area (Å²) in [5.74, 6) is 10.3. The number of amides is 2.